The van der Waals surface area contributed by atoms with Gasteiger partial charge in [0.15, 0.2) is 5.69 Å². The highest BCUT2D eigenvalue weighted by Gasteiger charge is 2.21. The number of nitrogens with one attached hydrogen (secondary N) is 1. The summed E-state index contributed by atoms with van der Waals surface area (Å²) in [6.07, 6.45) is 1.23. The number of imidazole rings is 1. The molecule has 0 aliphatic carbocycles. The van der Waals surface area contributed by atoms with Crippen molar-refractivity contribution in [1.29, 1.82) is 0 Å². The highest BCUT2D eigenvalue weighted by atomic mass is 16.4. The fraction of sp³-hybridized carbons (Fsp3) is 0.333. The van der Waals surface area contributed by atoms with Gasteiger partial charge in [-0.15, -0.1) is 0 Å². The van der Waals surface area contributed by atoms with Crippen molar-refractivity contribution in [3.05, 3.63) is 53.1 Å². The summed E-state index contributed by atoms with van der Waals surface area (Å²) in [5.41, 5.74) is 1.89. The second-order valence-corrected chi connectivity index (χ2v) is 5.21. The fourth-order valence-electron chi connectivity index (χ4n) is 2.16. The van der Waals surface area contributed by atoms with Crippen molar-refractivity contribution in [3.63, 3.8) is 0 Å². The fourth-order valence-corrected chi connectivity index (χ4v) is 2.16. The average molecular weight is 274 g/mol. The molecule has 0 radical (unpaired) electrons. The molecule has 5 heteroatoms. The second kappa shape index (κ2) is 5.88. The zero-order valence-electron chi connectivity index (χ0n) is 11.5. The van der Waals surface area contributed by atoms with Gasteiger partial charge in [-0.2, -0.15) is 0 Å². The van der Waals surface area contributed by atoms with E-state index in [0.717, 1.165) is 6.42 Å². The van der Waals surface area contributed by atoms with E-state index in [1.807, 2.05) is 24.3 Å². The summed E-state index contributed by atoms with van der Waals surface area (Å²) in [6.45, 7) is 4.29. The first-order chi connectivity index (χ1) is 9.49. The van der Waals surface area contributed by atoms with Gasteiger partial charge in [0.05, 0.1) is 12.0 Å². The van der Waals surface area contributed by atoms with Crippen LogP contribution in [0.25, 0.3) is 0 Å². The van der Waals surface area contributed by atoms with Crippen LogP contribution >= 0.6 is 0 Å². The Kier molecular flexibility index (Phi) is 4.20. The van der Waals surface area contributed by atoms with Gasteiger partial charge in [-0.25, -0.2) is 9.78 Å². The minimum Gasteiger partial charge on any atom is -0.476 e. The van der Waals surface area contributed by atoms with Gasteiger partial charge in [-0.3, -0.25) is 0 Å². The molecule has 0 saturated heterocycles. The number of aromatic carboxylic acids is 1. The van der Waals surface area contributed by atoms with Crippen molar-refractivity contribution >= 4 is 5.97 Å². The van der Waals surface area contributed by atoms with Crippen LogP contribution in [0.5, 0.6) is 0 Å². The normalized spacial score (nSPS) is 12.6. The first-order valence-electron chi connectivity index (χ1n) is 6.52. The Morgan fingerprint density at radius 1 is 1.30 bits per heavy atom. The maximum Gasteiger partial charge on any atom is 0.356 e. The van der Waals surface area contributed by atoms with Crippen molar-refractivity contribution < 1.29 is 15.0 Å². The lowest BCUT2D eigenvalue weighted by atomic mass is 9.99. The van der Waals surface area contributed by atoms with Gasteiger partial charge >= 0.3 is 5.97 Å². The van der Waals surface area contributed by atoms with Gasteiger partial charge in [0.1, 0.15) is 6.10 Å². The number of hydrogen-bond acceptors (Lipinski definition) is 3. The number of aliphatic hydroxyl groups is 1. The number of H-pyrrole nitrogens is 1. The lowest BCUT2D eigenvalue weighted by Crippen LogP contribution is -2.08. The van der Waals surface area contributed by atoms with Crippen LogP contribution < -0.4 is 0 Å². The number of benzene rings is 1. The Hall–Kier alpha value is -2.14. The van der Waals surface area contributed by atoms with Crippen molar-refractivity contribution in [1.82, 2.24) is 9.97 Å². The first-order valence-corrected chi connectivity index (χ1v) is 6.52. The third-order valence-electron chi connectivity index (χ3n) is 3.08. The third-order valence-corrected chi connectivity index (χ3v) is 3.08. The van der Waals surface area contributed by atoms with Gasteiger partial charge in [0.25, 0.3) is 0 Å². The van der Waals surface area contributed by atoms with E-state index >= 15 is 0 Å². The molecule has 1 aromatic carbocycles. The SMILES string of the molecule is CC(C)Cc1ccc(C(O)c2[nH]cnc2C(=O)O)cc1. The Morgan fingerprint density at radius 3 is 2.50 bits per heavy atom. The topological polar surface area (TPSA) is 86.2 Å². The maximum atomic E-state index is 11.0. The number of carboxylic acids is 1. The van der Waals surface area contributed by atoms with Gasteiger partial charge < -0.3 is 15.2 Å². The quantitative estimate of drug-likeness (QED) is 0.781. The Bertz CT molecular complexity index is 587. The minimum atomic E-state index is -1.16. The number of aliphatic hydroxyl groups excluding tert-OH is 1. The van der Waals surface area contributed by atoms with E-state index in [1.54, 1.807) is 0 Å². The largest absolute Gasteiger partial charge is 0.476 e. The number of hydrogen-bond donors (Lipinski definition) is 3. The van der Waals surface area contributed by atoms with E-state index in [2.05, 4.69) is 23.8 Å². The molecule has 1 atom stereocenters. The number of carboxylic acid groups (broad SMARTS) is 1. The molecule has 5 nitrogen and oxygen atoms in total. The van der Waals surface area contributed by atoms with Crippen LogP contribution in [0.2, 0.25) is 0 Å². The predicted molar refractivity (Wildman–Crippen MR) is 74.6 cm³/mol. The van der Waals surface area contributed by atoms with Crippen LogP contribution in [0.1, 0.15) is 47.3 Å². The van der Waals surface area contributed by atoms with Gasteiger partial charge in [-0.05, 0) is 23.5 Å². The molecule has 2 rings (SSSR count). The maximum absolute atomic E-state index is 11.0. The lowest BCUT2D eigenvalue weighted by Gasteiger charge is -2.11. The van der Waals surface area contributed by atoms with Crippen LogP contribution in [0.4, 0.5) is 0 Å². The van der Waals surface area contributed by atoms with Crippen LogP contribution in [0.15, 0.2) is 30.6 Å². The molecule has 3 N–H and O–H groups in total. The van der Waals surface area contributed by atoms with Crippen LogP contribution in [0, 0.1) is 5.92 Å². The summed E-state index contributed by atoms with van der Waals surface area (Å²) in [6, 6.07) is 7.54. The van der Waals surface area contributed by atoms with Crippen molar-refractivity contribution in [2.24, 2.45) is 5.92 Å². The van der Waals surface area contributed by atoms with Crippen molar-refractivity contribution in [2.75, 3.05) is 0 Å². The molecule has 2 aromatic rings. The summed E-state index contributed by atoms with van der Waals surface area (Å²) in [5.74, 6) is -0.589. The Morgan fingerprint density at radius 2 is 1.95 bits per heavy atom. The summed E-state index contributed by atoms with van der Waals surface area (Å²) >= 11 is 0. The molecule has 1 heterocycles. The summed E-state index contributed by atoms with van der Waals surface area (Å²) in [7, 11) is 0. The molecule has 106 valence electrons. The van der Waals surface area contributed by atoms with Gasteiger partial charge in [0, 0.05) is 0 Å². The Balaban J connectivity index is 2.22. The average Bonchev–Trinajstić information content (AvgIpc) is 2.87. The molecular weight excluding hydrogens is 256 g/mol. The molecule has 20 heavy (non-hydrogen) atoms. The highest BCUT2D eigenvalue weighted by Crippen LogP contribution is 2.23. The van der Waals surface area contributed by atoms with Crippen LogP contribution in [-0.2, 0) is 6.42 Å². The van der Waals surface area contributed by atoms with E-state index < -0.39 is 12.1 Å². The molecular formula is C15H18N2O3. The molecule has 0 aliphatic rings. The third kappa shape index (κ3) is 3.05. The second-order valence-electron chi connectivity index (χ2n) is 5.21. The Labute approximate surface area is 117 Å². The van der Waals surface area contributed by atoms with Crippen LogP contribution in [0.3, 0.4) is 0 Å². The van der Waals surface area contributed by atoms with Crippen LogP contribution in [-0.4, -0.2) is 26.2 Å². The molecule has 0 fully saturated rings. The van der Waals surface area contributed by atoms with E-state index in [4.69, 9.17) is 5.11 Å². The molecule has 0 spiro atoms. The first kappa shape index (κ1) is 14.3. The summed E-state index contributed by atoms with van der Waals surface area (Å²) < 4.78 is 0. The lowest BCUT2D eigenvalue weighted by molar-refractivity contribution is 0.0685. The van der Waals surface area contributed by atoms with Crippen molar-refractivity contribution in [2.45, 2.75) is 26.4 Å². The van der Waals surface area contributed by atoms with Crippen molar-refractivity contribution in [3.8, 4) is 0 Å². The predicted octanol–water partition coefficient (Wildman–Crippen LogP) is 2.39. The number of aromatic nitrogens is 2. The summed E-state index contributed by atoms with van der Waals surface area (Å²) in [4.78, 5) is 17.4. The molecule has 0 aliphatic heterocycles. The number of nitrogens with zero attached hydrogens (tertiary/aromatic N) is 1. The molecule has 0 saturated carbocycles. The smallest absolute Gasteiger partial charge is 0.356 e. The molecule has 1 aromatic heterocycles. The van der Waals surface area contributed by atoms with Gasteiger partial charge in [0.2, 0.25) is 0 Å². The minimum absolute atomic E-state index is 0.149. The zero-order valence-corrected chi connectivity index (χ0v) is 11.5. The summed E-state index contributed by atoms with van der Waals surface area (Å²) in [5, 5.41) is 19.2. The number of carbonyl (C=O) groups is 1. The monoisotopic (exact) mass is 274 g/mol. The molecule has 0 bridgehead atoms. The number of aromatic amines is 1. The standard InChI is InChI=1S/C15H18N2O3/c1-9(2)7-10-3-5-11(6-4-10)14(18)12-13(15(19)20)17-8-16-12/h3-6,8-9,14,18H,7H2,1-2H3,(H,16,17)(H,19,20). The van der Waals surface area contributed by atoms with Gasteiger partial charge in [-0.1, -0.05) is 38.1 Å². The highest BCUT2D eigenvalue weighted by molar-refractivity contribution is 5.86. The van der Waals surface area contributed by atoms with E-state index in [0.29, 0.717) is 11.5 Å². The molecule has 1 unspecified atom stereocenters. The molecule has 0 amide bonds. The zero-order chi connectivity index (χ0) is 14.7. The van der Waals surface area contributed by atoms with E-state index in [9.17, 15) is 9.90 Å². The van der Waals surface area contributed by atoms with E-state index in [-0.39, 0.29) is 11.4 Å². The number of rotatable bonds is 5. The van der Waals surface area contributed by atoms with E-state index in [1.165, 1.54) is 11.9 Å².